The van der Waals surface area contributed by atoms with Crippen LogP contribution in [0.3, 0.4) is 0 Å². The van der Waals surface area contributed by atoms with Gasteiger partial charge in [-0.15, -0.1) is 0 Å². The smallest absolute Gasteiger partial charge is 0.338 e. The van der Waals surface area contributed by atoms with Gasteiger partial charge in [0.15, 0.2) is 0 Å². The lowest BCUT2D eigenvalue weighted by molar-refractivity contribution is 0.0582. The van der Waals surface area contributed by atoms with Crippen molar-refractivity contribution in [3.05, 3.63) is 83.9 Å². The van der Waals surface area contributed by atoms with Gasteiger partial charge in [0.05, 0.1) is 32.3 Å². The highest BCUT2D eigenvalue weighted by Crippen LogP contribution is 2.20. The van der Waals surface area contributed by atoms with Gasteiger partial charge in [-0.2, -0.15) is 8.61 Å². The second kappa shape index (κ2) is 14.3. The molecule has 0 amide bonds. The maximum atomic E-state index is 12.6. The fourth-order valence-electron chi connectivity index (χ4n) is 3.89. The molecule has 0 spiro atoms. The maximum absolute atomic E-state index is 12.6. The number of anilines is 2. The number of nitrogens with one attached hydrogen (secondary N) is 2. The molecule has 2 N–H and O–H groups in total. The van der Waals surface area contributed by atoms with Crippen molar-refractivity contribution >= 4 is 43.4 Å². The molecular formula is C28H34N4O8S2. The van der Waals surface area contributed by atoms with Crippen molar-refractivity contribution in [2.24, 2.45) is 0 Å². The van der Waals surface area contributed by atoms with Crippen LogP contribution in [0.2, 0.25) is 0 Å². The second-order valence-corrected chi connectivity index (χ2v) is 12.7. The molecule has 0 saturated carbocycles. The Kier molecular flexibility index (Phi) is 11.1. The Balaban J connectivity index is 1.53. The van der Waals surface area contributed by atoms with Crippen molar-refractivity contribution in [3.63, 3.8) is 0 Å². The molecule has 14 heteroatoms. The first kappa shape index (κ1) is 32.5. The summed E-state index contributed by atoms with van der Waals surface area (Å²) in [6.45, 7) is 8.43. The molecule has 226 valence electrons. The Morgan fingerprint density at radius 1 is 0.548 bits per heavy atom. The SMILES string of the molecule is CCN(CC)S(=O)(=O)c1ccc(NOC(=O)c2ccc(C(=O)ONc3ccc(S(=O)(=O)N(CC)CC)cc3)cc2)cc1. The Hall–Kier alpha value is -3.98. The van der Waals surface area contributed by atoms with E-state index in [1.165, 1.54) is 81.4 Å². The third-order valence-electron chi connectivity index (χ3n) is 6.27. The van der Waals surface area contributed by atoms with Gasteiger partial charge < -0.3 is 9.68 Å². The number of hydrogen-bond acceptors (Lipinski definition) is 10. The van der Waals surface area contributed by atoms with Crippen LogP contribution in [0.15, 0.2) is 82.6 Å². The average molecular weight is 619 g/mol. The van der Waals surface area contributed by atoms with Crippen LogP contribution in [0, 0.1) is 0 Å². The molecule has 3 aromatic carbocycles. The fourth-order valence-corrected chi connectivity index (χ4v) is 6.80. The van der Waals surface area contributed by atoms with Gasteiger partial charge in [-0.3, -0.25) is 0 Å². The lowest BCUT2D eigenvalue weighted by Gasteiger charge is -2.18. The van der Waals surface area contributed by atoms with Gasteiger partial charge in [0.2, 0.25) is 20.0 Å². The van der Waals surface area contributed by atoms with E-state index in [0.717, 1.165) is 0 Å². The molecule has 0 bridgehead atoms. The van der Waals surface area contributed by atoms with Crippen LogP contribution >= 0.6 is 0 Å². The van der Waals surface area contributed by atoms with E-state index < -0.39 is 32.0 Å². The molecule has 0 aliphatic carbocycles. The van der Waals surface area contributed by atoms with E-state index in [2.05, 4.69) is 11.0 Å². The summed E-state index contributed by atoms with van der Waals surface area (Å²) in [6, 6.07) is 17.1. The van der Waals surface area contributed by atoms with Crippen LogP contribution in [0.1, 0.15) is 48.4 Å². The summed E-state index contributed by atoms with van der Waals surface area (Å²) in [6.07, 6.45) is 0. The van der Waals surface area contributed by atoms with Crippen LogP contribution in [0.25, 0.3) is 0 Å². The van der Waals surface area contributed by atoms with E-state index in [0.29, 0.717) is 37.6 Å². The van der Waals surface area contributed by atoms with E-state index in [1.807, 2.05) is 0 Å². The van der Waals surface area contributed by atoms with Gasteiger partial charge in [-0.1, -0.05) is 27.7 Å². The Bertz CT molecular complexity index is 1450. The van der Waals surface area contributed by atoms with Gasteiger partial charge >= 0.3 is 11.9 Å². The normalized spacial score (nSPS) is 11.8. The summed E-state index contributed by atoms with van der Waals surface area (Å²) < 4.78 is 53.0. The topological polar surface area (TPSA) is 151 Å². The van der Waals surface area contributed by atoms with Crippen molar-refractivity contribution in [1.82, 2.24) is 8.61 Å². The molecule has 0 atom stereocenters. The fraction of sp³-hybridized carbons (Fsp3) is 0.286. The maximum Gasteiger partial charge on any atom is 0.362 e. The van der Waals surface area contributed by atoms with Crippen molar-refractivity contribution in [2.75, 3.05) is 37.1 Å². The van der Waals surface area contributed by atoms with Gasteiger partial charge in [-0.25, -0.2) is 37.4 Å². The molecule has 3 aromatic rings. The number of benzene rings is 3. The number of nitrogens with zero attached hydrogens (tertiary/aromatic N) is 2. The molecular weight excluding hydrogens is 584 g/mol. The third-order valence-corrected chi connectivity index (χ3v) is 10.4. The molecule has 0 heterocycles. The summed E-state index contributed by atoms with van der Waals surface area (Å²) in [5, 5.41) is 0. The minimum absolute atomic E-state index is 0.125. The van der Waals surface area contributed by atoms with E-state index in [9.17, 15) is 26.4 Å². The van der Waals surface area contributed by atoms with E-state index in [-0.39, 0.29) is 20.9 Å². The number of carbonyl (C=O) groups excluding carboxylic acids is 2. The average Bonchev–Trinajstić information content (AvgIpc) is 3.00. The van der Waals surface area contributed by atoms with Gasteiger partial charge in [-0.05, 0) is 72.8 Å². The summed E-state index contributed by atoms with van der Waals surface area (Å²) >= 11 is 0. The van der Waals surface area contributed by atoms with Crippen LogP contribution < -0.4 is 11.0 Å². The molecule has 0 aliphatic rings. The van der Waals surface area contributed by atoms with Crippen molar-refractivity contribution in [2.45, 2.75) is 37.5 Å². The lowest BCUT2D eigenvalue weighted by Crippen LogP contribution is -2.30. The predicted octanol–water partition coefficient (Wildman–Crippen LogP) is 4.12. The van der Waals surface area contributed by atoms with Crippen LogP contribution in [0.5, 0.6) is 0 Å². The first-order valence-electron chi connectivity index (χ1n) is 13.2. The second-order valence-electron chi connectivity index (χ2n) is 8.79. The number of hydrogen-bond donors (Lipinski definition) is 2. The summed E-state index contributed by atoms with van der Waals surface area (Å²) in [4.78, 5) is 35.2. The molecule has 3 rings (SSSR count). The summed E-state index contributed by atoms with van der Waals surface area (Å²) in [7, 11) is -7.21. The monoisotopic (exact) mass is 618 g/mol. The van der Waals surface area contributed by atoms with Crippen LogP contribution in [-0.2, 0) is 29.7 Å². The number of rotatable bonds is 14. The van der Waals surface area contributed by atoms with E-state index in [1.54, 1.807) is 27.7 Å². The Morgan fingerprint density at radius 2 is 0.833 bits per heavy atom. The number of sulfonamides is 2. The Morgan fingerprint density at radius 3 is 1.10 bits per heavy atom. The van der Waals surface area contributed by atoms with Crippen LogP contribution in [-0.4, -0.2) is 63.6 Å². The first-order valence-corrected chi connectivity index (χ1v) is 16.1. The highest BCUT2D eigenvalue weighted by molar-refractivity contribution is 7.89. The highest BCUT2D eigenvalue weighted by atomic mass is 32.2. The van der Waals surface area contributed by atoms with Crippen molar-refractivity contribution in [1.29, 1.82) is 0 Å². The molecule has 0 unspecified atom stereocenters. The quantitative estimate of drug-likeness (QED) is 0.253. The van der Waals surface area contributed by atoms with E-state index >= 15 is 0 Å². The standard InChI is InChI=1S/C28H34N4O8S2/c1-5-31(6-2)41(35,36)25-17-13-23(14-18-25)29-39-27(33)21-9-11-22(12-10-21)28(34)40-30-24-15-19-26(20-16-24)42(37,38)32(7-3)8-4/h9-20,29-30H,5-8H2,1-4H3. The zero-order valence-electron chi connectivity index (χ0n) is 23.7. The lowest BCUT2D eigenvalue weighted by atomic mass is 10.1. The van der Waals surface area contributed by atoms with Crippen molar-refractivity contribution < 1.29 is 36.1 Å². The highest BCUT2D eigenvalue weighted by Gasteiger charge is 2.22. The van der Waals surface area contributed by atoms with Gasteiger partial charge in [0.25, 0.3) is 0 Å². The predicted molar refractivity (Wildman–Crippen MR) is 158 cm³/mol. The molecule has 0 radical (unpaired) electrons. The first-order chi connectivity index (χ1) is 20.0. The molecule has 42 heavy (non-hydrogen) atoms. The summed E-state index contributed by atoms with van der Waals surface area (Å²) in [5.74, 6) is -1.46. The summed E-state index contributed by atoms with van der Waals surface area (Å²) in [5.41, 5.74) is 6.00. The van der Waals surface area contributed by atoms with Crippen molar-refractivity contribution in [3.8, 4) is 0 Å². The zero-order chi connectivity index (χ0) is 30.9. The Labute approximate surface area is 246 Å². The largest absolute Gasteiger partial charge is 0.362 e. The van der Waals surface area contributed by atoms with Crippen LogP contribution in [0.4, 0.5) is 11.4 Å². The third kappa shape index (κ3) is 7.64. The van der Waals surface area contributed by atoms with E-state index in [4.69, 9.17) is 9.68 Å². The molecule has 0 saturated heterocycles. The minimum atomic E-state index is -3.60. The minimum Gasteiger partial charge on any atom is -0.338 e. The molecule has 12 nitrogen and oxygen atoms in total. The zero-order valence-corrected chi connectivity index (χ0v) is 25.4. The van der Waals surface area contributed by atoms with Gasteiger partial charge in [0.1, 0.15) is 0 Å². The van der Waals surface area contributed by atoms with Gasteiger partial charge in [0, 0.05) is 26.2 Å². The molecule has 0 aliphatic heterocycles. The number of carbonyl (C=O) groups is 2. The molecule has 0 fully saturated rings. The molecule has 0 aromatic heterocycles.